The normalized spacial score (nSPS) is 20.6. The van der Waals surface area contributed by atoms with Crippen molar-refractivity contribution in [3.63, 3.8) is 0 Å². The van der Waals surface area contributed by atoms with Crippen LogP contribution in [-0.4, -0.2) is 20.0 Å². The second kappa shape index (κ2) is 10.2. The van der Waals surface area contributed by atoms with Gasteiger partial charge in [0.2, 0.25) is 0 Å². The summed E-state index contributed by atoms with van der Waals surface area (Å²) in [5.41, 5.74) is 3.07. The van der Waals surface area contributed by atoms with Crippen LogP contribution in [0.2, 0.25) is 0 Å². The first kappa shape index (κ1) is 21.1. The highest BCUT2D eigenvalue weighted by Gasteiger charge is 2.34. The van der Waals surface area contributed by atoms with Gasteiger partial charge in [-0.25, -0.2) is 0 Å². The van der Waals surface area contributed by atoms with Crippen LogP contribution in [0.3, 0.4) is 0 Å². The Morgan fingerprint density at radius 1 is 0.536 bits per heavy atom. The summed E-state index contributed by atoms with van der Waals surface area (Å²) in [6.45, 7) is 0. The number of methoxy groups -OCH3 is 2. The molecular weight excluding hydrogens is 344 g/mol. The maximum absolute atomic E-state index is 5.79. The van der Waals surface area contributed by atoms with Crippen LogP contribution in [0.4, 0.5) is 0 Å². The van der Waals surface area contributed by atoms with E-state index in [-0.39, 0.29) is 11.2 Å². The molecule has 0 N–H and O–H groups in total. The van der Waals surface area contributed by atoms with Crippen LogP contribution in [-0.2, 0) is 14.9 Å². The zero-order chi connectivity index (χ0) is 19.7. The second-order valence-corrected chi connectivity index (χ2v) is 8.25. The zero-order valence-corrected chi connectivity index (χ0v) is 17.7. The third-order valence-electron chi connectivity index (χ3n) is 6.72. The van der Waals surface area contributed by atoms with Gasteiger partial charge >= 0.3 is 0 Å². The molecule has 2 nitrogen and oxygen atoms in total. The second-order valence-electron chi connectivity index (χ2n) is 8.25. The minimum atomic E-state index is -0.380. The first-order chi connectivity index (χ1) is 13.7. The van der Waals surface area contributed by atoms with Gasteiger partial charge in [-0.05, 0) is 36.8 Å². The molecule has 152 valence electrons. The lowest BCUT2D eigenvalue weighted by atomic mass is 9.67. The maximum atomic E-state index is 5.79. The first-order valence-corrected chi connectivity index (χ1v) is 11.0. The summed E-state index contributed by atoms with van der Waals surface area (Å²) >= 11 is 0. The molecular formula is C26H36O2. The van der Waals surface area contributed by atoms with Crippen molar-refractivity contribution in [3.05, 3.63) is 71.8 Å². The summed E-state index contributed by atoms with van der Waals surface area (Å²) in [7, 11) is 3.59. The van der Waals surface area contributed by atoms with E-state index in [1.165, 1.54) is 49.7 Å². The minimum absolute atomic E-state index is 0.126. The molecule has 0 atom stereocenters. The SMILES string of the molecule is COC1(OC)CCCCCC(c2ccccc2)(c2ccccc2)CCCCC1. The molecule has 0 saturated heterocycles. The predicted octanol–water partition coefficient (Wildman–Crippen LogP) is 6.88. The Kier molecular flexibility index (Phi) is 7.70. The summed E-state index contributed by atoms with van der Waals surface area (Å²) in [6, 6.07) is 22.4. The van der Waals surface area contributed by atoms with Crippen LogP contribution >= 0.6 is 0 Å². The molecule has 0 spiro atoms. The smallest absolute Gasteiger partial charge is 0.167 e. The van der Waals surface area contributed by atoms with E-state index in [2.05, 4.69) is 60.7 Å². The standard InChI is InChI=1S/C26H36O2/c1-27-26(28-2)21-13-5-11-19-25(20-12-6-14-22-26,23-15-7-3-8-16-23)24-17-9-4-10-18-24/h3-4,7-10,15-18H,5-6,11-14,19-22H2,1-2H3. The quantitative estimate of drug-likeness (QED) is 0.538. The van der Waals surface area contributed by atoms with Gasteiger partial charge in [-0.3, -0.25) is 0 Å². The van der Waals surface area contributed by atoms with E-state index in [1.54, 1.807) is 14.2 Å². The average Bonchev–Trinajstić information content (AvgIpc) is 2.76. The molecule has 0 heterocycles. The van der Waals surface area contributed by atoms with Gasteiger partial charge in [0.25, 0.3) is 0 Å². The fourth-order valence-electron chi connectivity index (χ4n) is 5.00. The van der Waals surface area contributed by atoms with Gasteiger partial charge < -0.3 is 9.47 Å². The van der Waals surface area contributed by atoms with Crippen LogP contribution < -0.4 is 0 Å². The number of rotatable bonds is 4. The molecule has 0 bridgehead atoms. The van der Waals surface area contributed by atoms with Gasteiger partial charge in [0.15, 0.2) is 5.79 Å². The maximum Gasteiger partial charge on any atom is 0.167 e. The molecule has 2 aromatic carbocycles. The van der Waals surface area contributed by atoms with Gasteiger partial charge in [0.1, 0.15) is 0 Å². The lowest BCUT2D eigenvalue weighted by molar-refractivity contribution is -0.216. The molecule has 2 aromatic rings. The molecule has 1 saturated carbocycles. The Hall–Kier alpha value is -1.64. The Bertz CT molecular complexity index is 619. The van der Waals surface area contributed by atoms with Crippen molar-refractivity contribution >= 4 is 0 Å². The van der Waals surface area contributed by atoms with Crippen LogP contribution in [0, 0.1) is 0 Å². The number of benzene rings is 2. The van der Waals surface area contributed by atoms with Gasteiger partial charge in [0.05, 0.1) is 0 Å². The highest BCUT2D eigenvalue weighted by Crippen LogP contribution is 2.42. The van der Waals surface area contributed by atoms with Gasteiger partial charge in [-0.15, -0.1) is 0 Å². The number of hydrogen-bond donors (Lipinski definition) is 0. The molecule has 0 amide bonds. The molecule has 0 unspecified atom stereocenters. The Balaban J connectivity index is 1.85. The lowest BCUT2D eigenvalue weighted by Crippen LogP contribution is -2.34. The largest absolute Gasteiger partial charge is 0.353 e. The molecule has 3 rings (SSSR count). The van der Waals surface area contributed by atoms with E-state index in [0.717, 1.165) is 25.7 Å². The number of hydrogen-bond acceptors (Lipinski definition) is 2. The average molecular weight is 381 g/mol. The van der Waals surface area contributed by atoms with E-state index in [1.807, 2.05) is 0 Å². The molecule has 1 fully saturated rings. The highest BCUT2D eigenvalue weighted by molar-refractivity contribution is 5.39. The van der Waals surface area contributed by atoms with E-state index < -0.39 is 0 Å². The summed E-state index contributed by atoms with van der Waals surface area (Å²) in [5, 5.41) is 0. The molecule has 0 aromatic heterocycles. The van der Waals surface area contributed by atoms with E-state index in [0.29, 0.717) is 0 Å². The third-order valence-corrected chi connectivity index (χ3v) is 6.72. The zero-order valence-electron chi connectivity index (χ0n) is 17.7. The molecule has 0 aliphatic heterocycles. The Labute approximate surface area is 171 Å². The minimum Gasteiger partial charge on any atom is -0.353 e. The van der Waals surface area contributed by atoms with Crippen molar-refractivity contribution in [2.45, 2.75) is 75.4 Å². The van der Waals surface area contributed by atoms with Crippen molar-refractivity contribution in [3.8, 4) is 0 Å². The first-order valence-electron chi connectivity index (χ1n) is 11.0. The summed E-state index contributed by atoms with van der Waals surface area (Å²) in [5.74, 6) is -0.380. The summed E-state index contributed by atoms with van der Waals surface area (Å²) < 4.78 is 11.6. The van der Waals surface area contributed by atoms with Gasteiger partial charge in [-0.1, -0.05) is 86.3 Å². The fraction of sp³-hybridized carbons (Fsp3) is 0.538. The molecule has 1 aliphatic carbocycles. The molecule has 1 aliphatic rings. The van der Waals surface area contributed by atoms with E-state index in [4.69, 9.17) is 9.47 Å². The molecule has 0 radical (unpaired) electrons. The molecule has 2 heteroatoms. The molecule has 28 heavy (non-hydrogen) atoms. The Morgan fingerprint density at radius 3 is 1.32 bits per heavy atom. The Morgan fingerprint density at radius 2 is 0.929 bits per heavy atom. The third kappa shape index (κ3) is 4.85. The highest BCUT2D eigenvalue weighted by atomic mass is 16.7. The fourth-order valence-corrected chi connectivity index (χ4v) is 5.00. The van der Waals surface area contributed by atoms with Crippen LogP contribution in [0.25, 0.3) is 0 Å². The van der Waals surface area contributed by atoms with Crippen LogP contribution in [0.5, 0.6) is 0 Å². The van der Waals surface area contributed by atoms with Crippen molar-refractivity contribution in [1.29, 1.82) is 0 Å². The van der Waals surface area contributed by atoms with Crippen molar-refractivity contribution < 1.29 is 9.47 Å². The van der Waals surface area contributed by atoms with Crippen LogP contribution in [0.1, 0.15) is 75.3 Å². The van der Waals surface area contributed by atoms with Crippen molar-refractivity contribution in [2.24, 2.45) is 0 Å². The number of ether oxygens (including phenoxy) is 2. The van der Waals surface area contributed by atoms with E-state index in [9.17, 15) is 0 Å². The summed E-state index contributed by atoms with van der Waals surface area (Å²) in [6.07, 6.45) is 11.6. The topological polar surface area (TPSA) is 18.5 Å². The van der Waals surface area contributed by atoms with Gasteiger partial charge in [-0.2, -0.15) is 0 Å². The van der Waals surface area contributed by atoms with Gasteiger partial charge in [0, 0.05) is 32.5 Å². The predicted molar refractivity (Wildman–Crippen MR) is 117 cm³/mol. The van der Waals surface area contributed by atoms with Crippen molar-refractivity contribution in [1.82, 2.24) is 0 Å². The monoisotopic (exact) mass is 380 g/mol. The van der Waals surface area contributed by atoms with E-state index >= 15 is 0 Å². The lowest BCUT2D eigenvalue weighted by Gasteiger charge is -2.37. The van der Waals surface area contributed by atoms with Crippen LogP contribution in [0.15, 0.2) is 60.7 Å². The summed E-state index contributed by atoms with van der Waals surface area (Å²) in [4.78, 5) is 0. The van der Waals surface area contributed by atoms with Crippen molar-refractivity contribution in [2.75, 3.05) is 14.2 Å².